The van der Waals surface area contributed by atoms with Crippen molar-refractivity contribution in [1.82, 2.24) is 4.98 Å². The summed E-state index contributed by atoms with van der Waals surface area (Å²) in [6.45, 7) is 3.18. The van der Waals surface area contributed by atoms with E-state index in [1.807, 2.05) is 0 Å². The van der Waals surface area contributed by atoms with E-state index in [9.17, 15) is 0 Å². The number of nitrogen functional groups attached to an aromatic ring is 1. The molecule has 0 saturated carbocycles. The van der Waals surface area contributed by atoms with Gasteiger partial charge >= 0.3 is 0 Å². The number of rotatable bonds is 6. The van der Waals surface area contributed by atoms with E-state index in [-0.39, 0.29) is 0 Å². The summed E-state index contributed by atoms with van der Waals surface area (Å²) >= 11 is 3.42. The molecule has 0 bridgehead atoms. The number of pyridine rings is 1. The van der Waals surface area contributed by atoms with Gasteiger partial charge < -0.3 is 11.1 Å². The lowest BCUT2D eigenvalue weighted by molar-refractivity contribution is 0.685. The SMILES string of the molecule is CCCCCCNc1c(N)cncc1Br. The lowest BCUT2D eigenvalue weighted by atomic mass is 10.2. The van der Waals surface area contributed by atoms with Crippen molar-refractivity contribution in [1.29, 1.82) is 0 Å². The van der Waals surface area contributed by atoms with Crippen LogP contribution in [-0.4, -0.2) is 11.5 Å². The molecule has 4 heteroatoms. The molecular formula is C11H18BrN3. The fourth-order valence-electron chi connectivity index (χ4n) is 1.40. The Morgan fingerprint density at radius 1 is 1.33 bits per heavy atom. The van der Waals surface area contributed by atoms with Crippen molar-refractivity contribution in [2.45, 2.75) is 32.6 Å². The Morgan fingerprint density at radius 2 is 2.13 bits per heavy atom. The third-order valence-electron chi connectivity index (χ3n) is 2.26. The third-order valence-corrected chi connectivity index (χ3v) is 2.86. The highest BCUT2D eigenvalue weighted by molar-refractivity contribution is 9.10. The molecule has 0 saturated heterocycles. The van der Waals surface area contributed by atoms with Crippen LogP contribution >= 0.6 is 15.9 Å². The molecule has 1 heterocycles. The highest BCUT2D eigenvalue weighted by atomic mass is 79.9. The Hall–Kier alpha value is -0.770. The quantitative estimate of drug-likeness (QED) is 0.780. The first-order valence-corrected chi connectivity index (χ1v) is 6.18. The average Bonchev–Trinajstić information content (AvgIpc) is 2.21. The molecule has 0 atom stereocenters. The van der Waals surface area contributed by atoms with Crippen LogP contribution in [0.15, 0.2) is 16.9 Å². The molecule has 3 N–H and O–H groups in total. The number of unbranched alkanes of at least 4 members (excludes halogenated alkanes) is 3. The van der Waals surface area contributed by atoms with Crippen molar-refractivity contribution in [3.8, 4) is 0 Å². The Labute approximate surface area is 99.6 Å². The first kappa shape index (κ1) is 12.3. The summed E-state index contributed by atoms with van der Waals surface area (Å²) in [5, 5.41) is 3.33. The van der Waals surface area contributed by atoms with E-state index in [2.05, 4.69) is 33.2 Å². The maximum absolute atomic E-state index is 5.81. The predicted molar refractivity (Wildman–Crippen MR) is 69.0 cm³/mol. The summed E-state index contributed by atoms with van der Waals surface area (Å²) in [5.41, 5.74) is 7.46. The summed E-state index contributed by atoms with van der Waals surface area (Å²) in [7, 11) is 0. The van der Waals surface area contributed by atoms with Crippen LogP contribution in [-0.2, 0) is 0 Å². The van der Waals surface area contributed by atoms with Crippen LogP contribution in [0.2, 0.25) is 0 Å². The molecule has 84 valence electrons. The van der Waals surface area contributed by atoms with Crippen molar-refractivity contribution >= 4 is 27.3 Å². The molecule has 1 aromatic rings. The molecule has 0 radical (unpaired) electrons. The van der Waals surface area contributed by atoms with E-state index in [1.54, 1.807) is 12.4 Å². The Morgan fingerprint density at radius 3 is 2.80 bits per heavy atom. The smallest absolute Gasteiger partial charge is 0.0750 e. The number of halogens is 1. The molecule has 0 aliphatic heterocycles. The van der Waals surface area contributed by atoms with Gasteiger partial charge in [-0.2, -0.15) is 0 Å². The van der Waals surface area contributed by atoms with Gasteiger partial charge in [0.15, 0.2) is 0 Å². The van der Waals surface area contributed by atoms with E-state index in [0.717, 1.165) is 16.7 Å². The maximum atomic E-state index is 5.81. The minimum Gasteiger partial charge on any atom is -0.396 e. The van der Waals surface area contributed by atoms with E-state index in [0.29, 0.717) is 5.69 Å². The monoisotopic (exact) mass is 271 g/mol. The molecule has 0 unspecified atom stereocenters. The van der Waals surface area contributed by atoms with Gasteiger partial charge in [0.2, 0.25) is 0 Å². The zero-order chi connectivity index (χ0) is 11.1. The van der Waals surface area contributed by atoms with Gasteiger partial charge in [0.1, 0.15) is 0 Å². The largest absolute Gasteiger partial charge is 0.396 e. The second kappa shape index (κ2) is 6.67. The van der Waals surface area contributed by atoms with Crippen LogP contribution in [0.3, 0.4) is 0 Å². The summed E-state index contributed by atoms with van der Waals surface area (Å²) in [4.78, 5) is 3.99. The molecule has 1 rings (SSSR count). The number of nitrogens with one attached hydrogen (secondary N) is 1. The highest BCUT2D eigenvalue weighted by Crippen LogP contribution is 2.26. The number of aromatic nitrogens is 1. The minimum absolute atomic E-state index is 0.694. The summed E-state index contributed by atoms with van der Waals surface area (Å²) in [5.74, 6) is 0. The fraction of sp³-hybridized carbons (Fsp3) is 0.545. The van der Waals surface area contributed by atoms with Crippen molar-refractivity contribution in [2.75, 3.05) is 17.6 Å². The number of nitrogens with two attached hydrogens (primary N) is 1. The fourth-order valence-corrected chi connectivity index (χ4v) is 1.89. The van der Waals surface area contributed by atoms with Gasteiger partial charge in [-0.3, -0.25) is 4.98 Å². The molecule has 15 heavy (non-hydrogen) atoms. The first-order chi connectivity index (χ1) is 7.25. The molecule has 0 fully saturated rings. The molecule has 0 spiro atoms. The summed E-state index contributed by atoms with van der Waals surface area (Å²) in [6, 6.07) is 0. The van der Waals surface area contributed by atoms with Crippen LogP contribution in [0.4, 0.5) is 11.4 Å². The van der Waals surface area contributed by atoms with Gasteiger partial charge in [0.25, 0.3) is 0 Å². The van der Waals surface area contributed by atoms with E-state index in [4.69, 9.17) is 5.73 Å². The van der Waals surface area contributed by atoms with Crippen LogP contribution in [0.5, 0.6) is 0 Å². The third kappa shape index (κ3) is 4.08. The number of hydrogen-bond donors (Lipinski definition) is 2. The summed E-state index contributed by atoms with van der Waals surface area (Å²) in [6.07, 6.45) is 8.44. The topological polar surface area (TPSA) is 50.9 Å². The second-order valence-corrected chi connectivity index (χ2v) is 4.43. The number of anilines is 2. The highest BCUT2D eigenvalue weighted by Gasteiger charge is 2.02. The van der Waals surface area contributed by atoms with Crippen molar-refractivity contribution in [3.05, 3.63) is 16.9 Å². The molecule has 0 amide bonds. The molecule has 0 aliphatic carbocycles. The van der Waals surface area contributed by atoms with Crippen LogP contribution in [0.1, 0.15) is 32.6 Å². The summed E-state index contributed by atoms with van der Waals surface area (Å²) < 4.78 is 0.929. The maximum Gasteiger partial charge on any atom is 0.0750 e. The average molecular weight is 272 g/mol. The van der Waals surface area contributed by atoms with Gasteiger partial charge in [-0.25, -0.2) is 0 Å². The molecule has 0 aromatic carbocycles. The van der Waals surface area contributed by atoms with E-state index < -0.39 is 0 Å². The number of nitrogens with zero attached hydrogens (tertiary/aromatic N) is 1. The minimum atomic E-state index is 0.694. The van der Waals surface area contributed by atoms with Crippen molar-refractivity contribution in [3.63, 3.8) is 0 Å². The molecule has 3 nitrogen and oxygen atoms in total. The van der Waals surface area contributed by atoms with Crippen LogP contribution in [0, 0.1) is 0 Å². The molecular weight excluding hydrogens is 254 g/mol. The van der Waals surface area contributed by atoms with Crippen LogP contribution < -0.4 is 11.1 Å². The van der Waals surface area contributed by atoms with Gasteiger partial charge in [-0.15, -0.1) is 0 Å². The van der Waals surface area contributed by atoms with E-state index >= 15 is 0 Å². The number of hydrogen-bond acceptors (Lipinski definition) is 3. The standard InChI is InChI=1S/C11H18BrN3/c1-2-3-4-5-6-15-11-9(12)7-14-8-10(11)13/h7-8H,2-6,13H2,1H3,(H,14,15). The molecule has 0 aliphatic rings. The second-order valence-electron chi connectivity index (χ2n) is 3.57. The van der Waals surface area contributed by atoms with Crippen molar-refractivity contribution in [2.24, 2.45) is 0 Å². The Bertz CT molecular complexity index is 282. The predicted octanol–water partition coefficient (Wildman–Crippen LogP) is 3.42. The first-order valence-electron chi connectivity index (χ1n) is 5.38. The van der Waals surface area contributed by atoms with Gasteiger partial charge in [-0.05, 0) is 22.4 Å². The lowest BCUT2D eigenvalue weighted by Gasteiger charge is -2.10. The lowest BCUT2D eigenvalue weighted by Crippen LogP contribution is -2.05. The van der Waals surface area contributed by atoms with Gasteiger partial charge in [0.05, 0.1) is 22.0 Å². The Balaban J connectivity index is 2.37. The van der Waals surface area contributed by atoms with Gasteiger partial charge in [0, 0.05) is 12.7 Å². The van der Waals surface area contributed by atoms with Gasteiger partial charge in [-0.1, -0.05) is 26.2 Å². The Kier molecular flexibility index (Phi) is 5.47. The zero-order valence-corrected chi connectivity index (χ0v) is 10.7. The van der Waals surface area contributed by atoms with Crippen molar-refractivity contribution < 1.29 is 0 Å². The van der Waals surface area contributed by atoms with Crippen LogP contribution in [0.25, 0.3) is 0 Å². The van der Waals surface area contributed by atoms with E-state index in [1.165, 1.54) is 25.7 Å². The molecule has 1 aromatic heterocycles. The normalized spacial score (nSPS) is 10.3. The zero-order valence-electron chi connectivity index (χ0n) is 9.09.